The zero-order valence-corrected chi connectivity index (χ0v) is 19.5. The molecule has 2 amide bonds. The molecule has 2 atom stereocenters. The minimum atomic E-state index is -3.57. The summed E-state index contributed by atoms with van der Waals surface area (Å²) >= 11 is 7.63. The normalized spacial score (nSPS) is 20.7. The smallest absolute Gasteiger partial charge is 0.273 e. The topological polar surface area (TPSA) is 111 Å². The predicted octanol–water partition coefficient (Wildman–Crippen LogP) is 3.32. The highest BCUT2D eigenvalue weighted by Gasteiger charge is 2.49. The van der Waals surface area contributed by atoms with Gasteiger partial charge in [-0.2, -0.15) is 0 Å². The van der Waals surface area contributed by atoms with Gasteiger partial charge in [0.05, 0.1) is 11.8 Å². The van der Waals surface area contributed by atoms with Crippen molar-refractivity contribution in [2.24, 2.45) is 0 Å². The lowest BCUT2D eigenvalue weighted by Gasteiger charge is -2.43. The zero-order chi connectivity index (χ0) is 22.6. The van der Waals surface area contributed by atoms with Crippen LogP contribution >= 0.6 is 22.9 Å². The summed E-state index contributed by atoms with van der Waals surface area (Å²) in [6.07, 6.45) is 6.26. The van der Waals surface area contributed by atoms with E-state index in [4.69, 9.17) is 11.6 Å². The fourth-order valence-corrected chi connectivity index (χ4v) is 6.98. The first kappa shape index (κ1) is 21.3. The number of carbonyl (C=O) groups excluding carboxylic acids is 2. The molecule has 2 aliphatic rings. The number of benzene rings is 1. The van der Waals surface area contributed by atoms with Crippen molar-refractivity contribution in [3.8, 4) is 0 Å². The van der Waals surface area contributed by atoms with E-state index in [0.717, 1.165) is 52.4 Å². The molecule has 3 N–H and O–H groups in total. The molecule has 1 fully saturated rings. The van der Waals surface area contributed by atoms with Gasteiger partial charge in [-0.15, -0.1) is 22.9 Å². The molecule has 1 aromatic carbocycles. The van der Waals surface area contributed by atoms with Crippen molar-refractivity contribution in [2.75, 3.05) is 11.0 Å². The number of halogens is 1. The number of thiophene rings is 1. The molecule has 1 aliphatic heterocycles. The van der Waals surface area contributed by atoms with Crippen LogP contribution in [0.3, 0.4) is 0 Å². The Kier molecular flexibility index (Phi) is 5.18. The van der Waals surface area contributed by atoms with E-state index in [0.29, 0.717) is 12.0 Å². The van der Waals surface area contributed by atoms with Crippen LogP contribution in [0.1, 0.15) is 45.2 Å². The number of nitrogens with zero attached hydrogens (tertiary/aromatic N) is 1. The molecule has 5 rings (SSSR count). The summed E-state index contributed by atoms with van der Waals surface area (Å²) < 4.78 is 26.2. The number of para-hydroxylation sites is 1. The monoisotopic (exact) mass is 492 g/mol. The molecule has 0 bridgehead atoms. The summed E-state index contributed by atoms with van der Waals surface area (Å²) in [5, 5.41) is 1.64. The van der Waals surface area contributed by atoms with Crippen molar-refractivity contribution in [3.63, 3.8) is 0 Å². The average molecular weight is 493 g/mol. The summed E-state index contributed by atoms with van der Waals surface area (Å²) in [4.78, 5) is 30.1. The van der Waals surface area contributed by atoms with Gasteiger partial charge < -0.3 is 4.98 Å². The summed E-state index contributed by atoms with van der Waals surface area (Å²) in [5.41, 5.74) is 5.55. The van der Waals surface area contributed by atoms with Crippen molar-refractivity contribution in [3.05, 3.63) is 52.0 Å². The number of aromatic amines is 1. The first-order chi connectivity index (χ1) is 15.2. The number of rotatable bonds is 5. The van der Waals surface area contributed by atoms with Gasteiger partial charge in [-0.25, -0.2) is 13.4 Å². The molecule has 3 heterocycles. The Morgan fingerprint density at radius 2 is 2.00 bits per heavy atom. The summed E-state index contributed by atoms with van der Waals surface area (Å²) in [5.74, 6) is -0.922. The molecule has 2 aromatic heterocycles. The second-order valence-corrected chi connectivity index (χ2v) is 11.4. The fourth-order valence-electron chi connectivity index (χ4n) is 4.43. The number of carbonyl (C=O) groups is 2. The van der Waals surface area contributed by atoms with Crippen molar-refractivity contribution < 1.29 is 18.0 Å². The van der Waals surface area contributed by atoms with Crippen LogP contribution in [0, 0.1) is 0 Å². The van der Waals surface area contributed by atoms with E-state index in [1.54, 1.807) is 6.20 Å². The van der Waals surface area contributed by atoms with Gasteiger partial charge in [0.1, 0.15) is 16.4 Å². The van der Waals surface area contributed by atoms with E-state index in [1.807, 2.05) is 24.3 Å². The van der Waals surface area contributed by atoms with Crippen molar-refractivity contribution in [2.45, 2.75) is 37.1 Å². The van der Waals surface area contributed by atoms with Gasteiger partial charge in [-0.1, -0.05) is 18.2 Å². The summed E-state index contributed by atoms with van der Waals surface area (Å²) in [6.45, 7) is 0. The number of aryl methyl sites for hydroxylation is 1. The van der Waals surface area contributed by atoms with Gasteiger partial charge in [0.25, 0.3) is 11.8 Å². The largest absolute Gasteiger partial charge is 0.361 e. The van der Waals surface area contributed by atoms with Gasteiger partial charge in [0.15, 0.2) is 0 Å². The van der Waals surface area contributed by atoms with Gasteiger partial charge in [0.2, 0.25) is 10.0 Å². The Morgan fingerprint density at radius 3 is 2.78 bits per heavy atom. The second-order valence-electron chi connectivity index (χ2n) is 8.07. The number of alkyl halides is 1. The fraction of sp³-hybridized carbons (Fsp3) is 0.333. The molecule has 1 saturated heterocycles. The Bertz CT molecular complexity index is 1350. The number of hydrazine groups is 1. The third-order valence-electron chi connectivity index (χ3n) is 5.87. The van der Waals surface area contributed by atoms with E-state index in [2.05, 4.69) is 15.1 Å². The molecule has 11 heteroatoms. The lowest BCUT2D eigenvalue weighted by atomic mass is 9.94. The lowest BCUT2D eigenvalue weighted by Crippen LogP contribution is -2.63. The minimum absolute atomic E-state index is 0.288. The molecule has 8 nitrogen and oxygen atoms in total. The first-order valence-electron chi connectivity index (χ1n) is 10.2. The molecule has 3 aromatic rings. The molecule has 1 aliphatic carbocycles. The molecule has 0 spiro atoms. The predicted molar refractivity (Wildman–Crippen MR) is 124 cm³/mol. The summed E-state index contributed by atoms with van der Waals surface area (Å²) in [6, 6.07) is 7.11. The Hall–Kier alpha value is -2.56. The maximum absolute atomic E-state index is 13.3. The number of hydrogen-bond donors (Lipinski definition) is 3. The Labute approximate surface area is 194 Å². The lowest BCUT2D eigenvalue weighted by molar-refractivity contribution is -0.149. The van der Waals surface area contributed by atoms with Crippen LogP contribution < -0.4 is 10.1 Å². The molecule has 0 radical (unpaired) electrons. The Morgan fingerprint density at radius 1 is 1.25 bits per heavy atom. The highest BCUT2D eigenvalue weighted by molar-refractivity contribution is 7.92. The van der Waals surface area contributed by atoms with E-state index in [1.165, 1.54) is 16.3 Å². The van der Waals surface area contributed by atoms with Crippen LogP contribution in [-0.2, 0) is 27.7 Å². The van der Waals surface area contributed by atoms with E-state index < -0.39 is 33.3 Å². The van der Waals surface area contributed by atoms with E-state index in [-0.39, 0.29) is 5.00 Å². The van der Waals surface area contributed by atoms with Gasteiger partial charge in [0, 0.05) is 27.5 Å². The number of nitrogens with one attached hydrogen (secondary N) is 3. The van der Waals surface area contributed by atoms with Crippen LogP contribution in [0.15, 0.2) is 30.5 Å². The first-order valence-corrected chi connectivity index (χ1v) is 13.4. The molecule has 168 valence electrons. The third kappa shape index (κ3) is 3.56. The number of amides is 2. The number of sulfonamides is 1. The van der Waals surface area contributed by atoms with Crippen LogP contribution in [-0.4, -0.2) is 41.9 Å². The molecule has 32 heavy (non-hydrogen) atoms. The maximum Gasteiger partial charge on any atom is 0.273 e. The van der Waals surface area contributed by atoms with Crippen LogP contribution in [0.5, 0.6) is 0 Å². The maximum atomic E-state index is 13.3. The zero-order valence-electron chi connectivity index (χ0n) is 17.1. The number of β-lactam (4-membered cyclic amide) rings is 1. The van der Waals surface area contributed by atoms with Crippen molar-refractivity contribution >= 4 is 60.7 Å². The SMILES string of the molecule is CS(=O)(=O)Nc1sc2c(c1C(=O)NN1C(=O)C(Cl)C1c1c[nH]c3ccccc13)CCCC2. The number of H-pyrrole nitrogens is 1. The number of aromatic nitrogens is 1. The van der Waals surface area contributed by atoms with Gasteiger partial charge in [-0.3, -0.25) is 19.7 Å². The number of hydrogen-bond acceptors (Lipinski definition) is 5. The molecule has 2 unspecified atom stereocenters. The van der Waals surface area contributed by atoms with Crippen LogP contribution in [0.2, 0.25) is 0 Å². The van der Waals surface area contributed by atoms with Gasteiger partial charge in [-0.05, 0) is 37.3 Å². The molecular formula is C21H21ClN4O4S2. The average Bonchev–Trinajstić information content (AvgIpc) is 3.32. The van der Waals surface area contributed by atoms with Gasteiger partial charge >= 0.3 is 0 Å². The highest BCUT2D eigenvalue weighted by atomic mass is 35.5. The quantitative estimate of drug-likeness (QED) is 0.374. The number of fused-ring (bicyclic) bond motifs is 2. The summed E-state index contributed by atoms with van der Waals surface area (Å²) in [7, 11) is -3.57. The van der Waals surface area contributed by atoms with Crippen LogP contribution in [0.25, 0.3) is 10.9 Å². The molecular weight excluding hydrogens is 472 g/mol. The molecule has 0 saturated carbocycles. The number of anilines is 1. The van der Waals surface area contributed by atoms with Crippen molar-refractivity contribution in [1.82, 2.24) is 15.4 Å². The second kappa shape index (κ2) is 7.79. The van der Waals surface area contributed by atoms with E-state index in [9.17, 15) is 18.0 Å². The Balaban J connectivity index is 1.48. The van der Waals surface area contributed by atoms with E-state index >= 15 is 0 Å². The third-order valence-corrected chi connectivity index (χ3v) is 8.20. The van der Waals surface area contributed by atoms with Crippen LogP contribution in [0.4, 0.5) is 5.00 Å². The highest BCUT2D eigenvalue weighted by Crippen LogP contribution is 2.42. The minimum Gasteiger partial charge on any atom is -0.361 e. The standard InChI is InChI=1S/C21H21ClN4O4S2/c1-32(29,30)25-20-16(12-7-3-5-9-15(12)31-20)19(27)24-26-18(17(22)21(26)28)13-10-23-14-8-4-2-6-11(13)14/h2,4,6,8,10,17-18,23,25H,3,5,7,9H2,1H3,(H,24,27). The van der Waals surface area contributed by atoms with Crippen molar-refractivity contribution in [1.29, 1.82) is 0 Å².